The first kappa shape index (κ1) is 12.9. The van der Waals surface area contributed by atoms with Gasteiger partial charge in [-0.3, -0.25) is 4.79 Å². The van der Waals surface area contributed by atoms with E-state index in [4.69, 9.17) is 0 Å². The van der Waals surface area contributed by atoms with Gasteiger partial charge in [-0.1, -0.05) is 13.8 Å². The molecule has 0 unspecified atom stereocenters. The molecule has 1 fully saturated rings. The Morgan fingerprint density at radius 3 is 2.11 bits per heavy atom. The Kier molecular flexibility index (Phi) is 3.09. The fourth-order valence-electron chi connectivity index (χ4n) is 1.94. The van der Waals surface area contributed by atoms with E-state index in [1.807, 2.05) is 0 Å². The van der Waals surface area contributed by atoms with Gasteiger partial charge in [-0.15, -0.1) is 0 Å². The number of nitrogens with one attached hydrogen (secondary N) is 1. The van der Waals surface area contributed by atoms with Crippen LogP contribution in [0.2, 0.25) is 0 Å². The highest BCUT2D eigenvalue weighted by molar-refractivity contribution is 5.79. The summed E-state index contributed by atoms with van der Waals surface area (Å²) in [5.41, 5.74) is -1.23. The normalized spacial score (nSPS) is 16.8. The van der Waals surface area contributed by atoms with Crippen LogP contribution in [0.5, 0.6) is 0 Å². The van der Waals surface area contributed by atoms with Crippen LogP contribution in [0.4, 0.5) is 13.2 Å². The molecule has 1 saturated carbocycles. The molecule has 0 bridgehead atoms. The van der Waals surface area contributed by atoms with Crippen molar-refractivity contribution in [3.63, 3.8) is 0 Å². The second-order valence-corrected chi connectivity index (χ2v) is 4.97. The molecule has 2 nitrogen and oxygen atoms in total. The van der Waals surface area contributed by atoms with Gasteiger partial charge < -0.3 is 5.32 Å². The van der Waals surface area contributed by atoms with E-state index in [1.54, 1.807) is 13.8 Å². The summed E-state index contributed by atoms with van der Waals surface area (Å²) in [6.07, 6.45) is 0.926. The predicted octanol–water partition coefficient (Wildman–Crippen LogP) is 2.87. The van der Waals surface area contributed by atoms with Crippen LogP contribution in [0, 0.1) is 23.4 Å². The Balaban J connectivity index is 2.34. The van der Waals surface area contributed by atoms with Gasteiger partial charge in [0.15, 0.2) is 0 Å². The van der Waals surface area contributed by atoms with Crippen LogP contribution >= 0.6 is 0 Å². The number of carbonyl (C=O) groups is 1. The van der Waals surface area contributed by atoms with Gasteiger partial charge in [-0.2, -0.15) is 0 Å². The van der Waals surface area contributed by atoms with Gasteiger partial charge in [0, 0.05) is 23.6 Å². The summed E-state index contributed by atoms with van der Waals surface area (Å²) in [5, 5.41) is 2.64. The summed E-state index contributed by atoms with van der Waals surface area (Å²) in [7, 11) is 0. The number of amides is 1. The Morgan fingerprint density at radius 2 is 1.72 bits per heavy atom. The highest BCUT2D eigenvalue weighted by Crippen LogP contribution is 2.47. The number of carbonyl (C=O) groups excluding carboxylic acids is 1. The molecule has 1 aliphatic rings. The Morgan fingerprint density at radius 1 is 1.22 bits per heavy atom. The van der Waals surface area contributed by atoms with E-state index in [9.17, 15) is 18.0 Å². The Hall–Kier alpha value is -1.52. The van der Waals surface area contributed by atoms with E-state index in [0.29, 0.717) is 25.0 Å². The molecule has 0 atom stereocenters. The predicted molar refractivity (Wildman–Crippen MR) is 60.2 cm³/mol. The van der Waals surface area contributed by atoms with Crippen molar-refractivity contribution in [3.8, 4) is 0 Å². The van der Waals surface area contributed by atoms with Crippen LogP contribution in [-0.2, 0) is 10.3 Å². The van der Waals surface area contributed by atoms with Gasteiger partial charge in [0.25, 0.3) is 0 Å². The van der Waals surface area contributed by atoms with Crippen LogP contribution < -0.4 is 5.32 Å². The average Bonchev–Trinajstić information content (AvgIpc) is 2.96. The number of halogens is 3. The third kappa shape index (κ3) is 2.21. The highest BCUT2D eigenvalue weighted by atomic mass is 19.1. The number of rotatable bonds is 3. The van der Waals surface area contributed by atoms with Crippen molar-refractivity contribution in [1.82, 2.24) is 5.32 Å². The number of benzene rings is 1. The first-order chi connectivity index (χ1) is 8.35. The molecule has 5 heteroatoms. The lowest BCUT2D eigenvalue weighted by atomic mass is 10.0. The molecule has 1 aromatic rings. The second kappa shape index (κ2) is 4.30. The van der Waals surface area contributed by atoms with E-state index in [2.05, 4.69) is 5.32 Å². The van der Waals surface area contributed by atoms with Crippen molar-refractivity contribution in [2.45, 2.75) is 32.2 Å². The molecule has 0 heterocycles. The molecule has 0 spiro atoms. The SMILES string of the molecule is CC(C)C(=O)NC1(c2c(F)cc(F)cc2F)CC1. The Bertz CT molecular complexity index is 472. The molecular weight excluding hydrogens is 243 g/mol. The minimum Gasteiger partial charge on any atom is -0.346 e. The molecular formula is C13H14F3NO. The minimum atomic E-state index is -0.997. The lowest BCUT2D eigenvalue weighted by Gasteiger charge is -2.20. The second-order valence-electron chi connectivity index (χ2n) is 4.97. The van der Waals surface area contributed by atoms with Crippen LogP contribution in [0.25, 0.3) is 0 Å². The topological polar surface area (TPSA) is 29.1 Å². The molecule has 0 aliphatic heterocycles. The van der Waals surface area contributed by atoms with Crippen molar-refractivity contribution in [2.24, 2.45) is 5.92 Å². The van der Waals surface area contributed by atoms with E-state index in [-0.39, 0.29) is 17.4 Å². The molecule has 98 valence electrons. The standard InChI is InChI=1S/C13H14F3NO/c1-7(2)12(18)17-13(3-4-13)11-9(15)5-8(14)6-10(11)16/h5-7H,3-4H2,1-2H3,(H,17,18). The lowest BCUT2D eigenvalue weighted by Crippen LogP contribution is -2.38. The smallest absolute Gasteiger partial charge is 0.223 e. The maximum absolute atomic E-state index is 13.7. The molecule has 0 radical (unpaired) electrons. The molecule has 0 saturated heterocycles. The quantitative estimate of drug-likeness (QED) is 0.886. The van der Waals surface area contributed by atoms with Gasteiger partial charge in [-0.25, -0.2) is 13.2 Å². The number of hydrogen-bond donors (Lipinski definition) is 1. The molecule has 0 aromatic heterocycles. The molecule has 1 amide bonds. The van der Waals surface area contributed by atoms with Crippen LogP contribution in [0.3, 0.4) is 0 Å². The van der Waals surface area contributed by atoms with E-state index in [1.165, 1.54) is 0 Å². The third-order valence-electron chi connectivity index (χ3n) is 3.12. The van der Waals surface area contributed by atoms with Crippen molar-refractivity contribution in [2.75, 3.05) is 0 Å². The monoisotopic (exact) mass is 257 g/mol. The summed E-state index contributed by atoms with van der Waals surface area (Å²) in [5.74, 6) is -3.40. The minimum absolute atomic E-state index is 0.238. The van der Waals surface area contributed by atoms with E-state index >= 15 is 0 Å². The van der Waals surface area contributed by atoms with Crippen molar-refractivity contribution >= 4 is 5.91 Å². The average molecular weight is 257 g/mol. The van der Waals surface area contributed by atoms with Crippen LogP contribution in [0.1, 0.15) is 32.3 Å². The maximum atomic E-state index is 13.7. The first-order valence-electron chi connectivity index (χ1n) is 5.83. The lowest BCUT2D eigenvalue weighted by molar-refractivity contribution is -0.125. The zero-order valence-corrected chi connectivity index (χ0v) is 10.2. The summed E-state index contributed by atoms with van der Waals surface area (Å²) in [6.45, 7) is 3.39. The van der Waals surface area contributed by atoms with E-state index < -0.39 is 23.0 Å². The van der Waals surface area contributed by atoms with Crippen molar-refractivity contribution in [1.29, 1.82) is 0 Å². The zero-order chi connectivity index (χ0) is 13.5. The van der Waals surface area contributed by atoms with Gasteiger partial charge in [0.1, 0.15) is 17.5 Å². The van der Waals surface area contributed by atoms with Gasteiger partial charge in [0.05, 0.1) is 5.54 Å². The molecule has 2 rings (SSSR count). The Labute approximate surface area is 103 Å². The van der Waals surface area contributed by atoms with Crippen molar-refractivity contribution in [3.05, 3.63) is 35.1 Å². The molecule has 1 aromatic carbocycles. The molecule has 1 aliphatic carbocycles. The van der Waals surface area contributed by atoms with Crippen LogP contribution in [0.15, 0.2) is 12.1 Å². The summed E-state index contributed by atoms with van der Waals surface area (Å²) in [4.78, 5) is 11.6. The fourth-order valence-corrected chi connectivity index (χ4v) is 1.94. The first-order valence-corrected chi connectivity index (χ1v) is 5.83. The summed E-state index contributed by atoms with van der Waals surface area (Å²) in [6, 6.07) is 1.28. The summed E-state index contributed by atoms with van der Waals surface area (Å²) < 4.78 is 40.2. The largest absolute Gasteiger partial charge is 0.346 e. The van der Waals surface area contributed by atoms with Gasteiger partial charge >= 0.3 is 0 Å². The maximum Gasteiger partial charge on any atom is 0.223 e. The van der Waals surface area contributed by atoms with Gasteiger partial charge in [0.2, 0.25) is 5.91 Å². The fraction of sp³-hybridized carbons (Fsp3) is 0.462. The van der Waals surface area contributed by atoms with Crippen LogP contribution in [-0.4, -0.2) is 5.91 Å². The zero-order valence-electron chi connectivity index (χ0n) is 10.2. The molecule has 18 heavy (non-hydrogen) atoms. The summed E-state index contributed by atoms with van der Waals surface area (Å²) >= 11 is 0. The highest BCUT2D eigenvalue weighted by Gasteiger charge is 2.49. The third-order valence-corrected chi connectivity index (χ3v) is 3.12. The van der Waals surface area contributed by atoms with E-state index in [0.717, 1.165) is 0 Å². The number of hydrogen-bond acceptors (Lipinski definition) is 1. The van der Waals surface area contributed by atoms with Gasteiger partial charge in [-0.05, 0) is 12.8 Å². The molecule has 1 N–H and O–H groups in total. The van der Waals surface area contributed by atoms with Crippen molar-refractivity contribution < 1.29 is 18.0 Å².